The van der Waals surface area contributed by atoms with Gasteiger partial charge in [-0.1, -0.05) is 43.7 Å². The Morgan fingerprint density at radius 3 is 2.50 bits per heavy atom. The summed E-state index contributed by atoms with van der Waals surface area (Å²) < 4.78 is 0. The van der Waals surface area contributed by atoms with Crippen LogP contribution in [0.3, 0.4) is 0 Å². The lowest BCUT2D eigenvalue weighted by molar-refractivity contribution is 0.0948. The van der Waals surface area contributed by atoms with Crippen LogP contribution in [0.1, 0.15) is 49.7 Å². The van der Waals surface area contributed by atoms with E-state index in [0.717, 1.165) is 25.1 Å². The third kappa shape index (κ3) is 5.08. The van der Waals surface area contributed by atoms with E-state index in [9.17, 15) is 4.79 Å². The fraction of sp³-hybridized carbons (Fsp3) is 0.400. The van der Waals surface area contributed by atoms with Gasteiger partial charge in [-0.2, -0.15) is 0 Å². The van der Waals surface area contributed by atoms with Gasteiger partial charge < -0.3 is 10.2 Å². The van der Waals surface area contributed by atoms with Crippen molar-refractivity contribution in [3.05, 3.63) is 59.9 Å². The Bertz CT molecular complexity index is 623. The van der Waals surface area contributed by atoms with Crippen molar-refractivity contribution in [2.45, 2.75) is 46.2 Å². The Morgan fingerprint density at radius 2 is 1.92 bits per heavy atom. The van der Waals surface area contributed by atoms with E-state index in [2.05, 4.69) is 60.2 Å². The largest absolute Gasteiger partial charge is 0.364 e. The first-order valence-corrected chi connectivity index (χ1v) is 8.66. The van der Waals surface area contributed by atoms with Crippen LogP contribution >= 0.6 is 0 Å². The summed E-state index contributed by atoms with van der Waals surface area (Å²) in [5, 5.41) is 2.90. The highest BCUT2D eigenvalue weighted by atomic mass is 16.1. The minimum absolute atomic E-state index is 0.103. The molecule has 1 aromatic heterocycles. The molecular formula is C20H27N3O. The van der Waals surface area contributed by atoms with Crippen molar-refractivity contribution >= 4 is 11.6 Å². The lowest BCUT2D eigenvalue weighted by Gasteiger charge is -2.29. The van der Waals surface area contributed by atoms with Crippen LogP contribution in [0.2, 0.25) is 0 Å². The minimum Gasteiger partial charge on any atom is -0.364 e. The molecule has 2 aromatic rings. The Morgan fingerprint density at radius 1 is 1.17 bits per heavy atom. The summed E-state index contributed by atoms with van der Waals surface area (Å²) in [5.74, 6) is -0.103. The summed E-state index contributed by atoms with van der Waals surface area (Å²) in [6.45, 7) is 7.95. The number of carbonyl (C=O) groups excluding carboxylic acids is 1. The lowest BCUT2D eigenvalue weighted by atomic mass is 10.1. The van der Waals surface area contributed by atoms with Crippen molar-refractivity contribution in [2.24, 2.45) is 0 Å². The first-order valence-electron chi connectivity index (χ1n) is 8.66. The van der Waals surface area contributed by atoms with E-state index in [0.29, 0.717) is 18.3 Å². The Balaban J connectivity index is 2.07. The number of carbonyl (C=O) groups is 1. The Labute approximate surface area is 144 Å². The van der Waals surface area contributed by atoms with Crippen LogP contribution in [0.5, 0.6) is 0 Å². The molecule has 0 aliphatic carbocycles. The Hall–Kier alpha value is -2.36. The first kappa shape index (κ1) is 18.0. The fourth-order valence-corrected chi connectivity index (χ4v) is 2.51. The molecule has 1 amide bonds. The molecule has 1 aromatic carbocycles. The predicted molar refractivity (Wildman–Crippen MR) is 99.2 cm³/mol. The summed E-state index contributed by atoms with van der Waals surface area (Å²) in [4.78, 5) is 18.7. The third-order valence-electron chi connectivity index (χ3n) is 3.95. The fourth-order valence-electron chi connectivity index (χ4n) is 2.51. The Kier molecular flexibility index (Phi) is 6.79. The average molecular weight is 325 g/mol. The molecule has 128 valence electrons. The molecule has 0 saturated carbocycles. The molecule has 1 heterocycles. The minimum atomic E-state index is -0.103. The highest BCUT2D eigenvalue weighted by molar-refractivity contribution is 5.92. The zero-order valence-corrected chi connectivity index (χ0v) is 14.8. The molecule has 0 bridgehead atoms. The number of benzene rings is 1. The maximum absolute atomic E-state index is 12.0. The number of anilines is 1. The van der Waals surface area contributed by atoms with Gasteiger partial charge in [0.2, 0.25) is 0 Å². The number of nitrogens with one attached hydrogen (secondary N) is 1. The van der Waals surface area contributed by atoms with Crippen LogP contribution < -0.4 is 10.2 Å². The second-order valence-electron chi connectivity index (χ2n) is 6.22. The molecule has 24 heavy (non-hydrogen) atoms. The van der Waals surface area contributed by atoms with Gasteiger partial charge in [-0.3, -0.25) is 4.79 Å². The van der Waals surface area contributed by atoms with E-state index in [1.54, 1.807) is 12.3 Å². The van der Waals surface area contributed by atoms with Gasteiger partial charge in [0.15, 0.2) is 0 Å². The average Bonchev–Trinajstić information content (AvgIpc) is 2.60. The summed E-state index contributed by atoms with van der Waals surface area (Å²) >= 11 is 0. The van der Waals surface area contributed by atoms with Crippen LogP contribution in [-0.4, -0.2) is 23.5 Å². The molecule has 0 radical (unpaired) electrons. The number of rotatable bonds is 8. The molecule has 0 atom stereocenters. The molecule has 0 aliphatic heterocycles. The third-order valence-corrected chi connectivity index (χ3v) is 3.95. The highest BCUT2D eigenvalue weighted by Crippen LogP contribution is 2.19. The van der Waals surface area contributed by atoms with E-state index in [1.807, 2.05) is 12.1 Å². The van der Waals surface area contributed by atoms with Crippen molar-refractivity contribution < 1.29 is 4.79 Å². The summed E-state index contributed by atoms with van der Waals surface area (Å²) in [6.07, 6.45) is 3.84. The van der Waals surface area contributed by atoms with Gasteiger partial charge in [0, 0.05) is 19.1 Å². The van der Waals surface area contributed by atoms with Crippen molar-refractivity contribution in [1.29, 1.82) is 0 Å². The molecule has 4 heteroatoms. The second kappa shape index (κ2) is 9.06. The van der Waals surface area contributed by atoms with Gasteiger partial charge >= 0.3 is 0 Å². The zero-order chi connectivity index (χ0) is 17.4. The van der Waals surface area contributed by atoms with Crippen molar-refractivity contribution in [2.75, 3.05) is 11.4 Å². The number of pyridine rings is 1. The number of nitrogens with zero attached hydrogens (tertiary/aromatic N) is 2. The lowest BCUT2D eigenvalue weighted by Crippen LogP contribution is -2.30. The summed E-state index contributed by atoms with van der Waals surface area (Å²) in [5.41, 5.74) is 2.75. The van der Waals surface area contributed by atoms with Crippen LogP contribution in [0, 0.1) is 0 Å². The zero-order valence-electron chi connectivity index (χ0n) is 14.8. The maximum Gasteiger partial charge on any atom is 0.269 e. The summed E-state index contributed by atoms with van der Waals surface area (Å²) in [6, 6.07) is 14.5. The topological polar surface area (TPSA) is 45.2 Å². The van der Waals surface area contributed by atoms with Crippen LogP contribution in [0.4, 0.5) is 5.69 Å². The van der Waals surface area contributed by atoms with E-state index in [-0.39, 0.29) is 5.91 Å². The van der Waals surface area contributed by atoms with E-state index >= 15 is 0 Å². The predicted octanol–water partition coefficient (Wildman–Crippen LogP) is 4.03. The first-order chi connectivity index (χ1) is 11.6. The van der Waals surface area contributed by atoms with Crippen molar-refractivity contribution in [1.82, 2.24) is 10.3 Å². The molecule has 0 saturated heterocycles. The molecule has 0 fully saturated rings. The SMILES string of the molecule is CCCCNC(=O)c1ccc(N(Cc2ccccc2)C(C)C)cn1. The van der Waals surface area contributed by atoms with Crippen LogP contribution in [0.15, 0.2) is 48.7 Å². The van der Waals surface area contributed by atoms with Gasteiger partial charge in [-0.05, 0) is 38.0 Å². The number of amides is 1. The quantitative estimate of drug-likeness (QED) is 0.745. The smallest absolute Gasteiger partial charge is 0.269 e. The summed E-state index contributed by atoms with van der Waals surface area (Å²) in [7, 11) is 0. The van der Waals surface area contributed by atoms with Gasteiger partial charge in [0.1, 0.15) is 5.69 Å². The van der Waals surface area contributed by atoms with E-state index in [4.69, 9.17) is 0 Å². The molecule has 2 rings (SSSR count). The normalized spacial score (nSPS) is 10.7. The molecule has 0 spiro atoms. The molecule has 4 nitrogen and oxygen atoms in total. The highest BCUT2D eigenvalue weighted by Gasteiger charge is 2.13. The number of hydrogen-bond acceptors (Lipinski definition) is 3. The van der Waals surface area contributed by atoms with Crippen LogP contribution in [-0.2, 0) is 6.54 Å². The second-order valence-corrected chi connectivity index (χ2v) is 6.22. The van der Waals surface area contributed by atoms with Crippen LogP contribution in [0.25, 0.3) is 0 Å². The number of hydrogen-bond donors (Lipinski definition) is 1. The molecular weight excluding hydrogens is 298 g/mol. The number of unbranched alkanes of at least 4 members (excludes halogenated alkanes) is 1. The maximum atomic E-state index is 12.0. The molecule has 0 aliphatic rings. The number of aromatic nitrogens is 1. The van der Waals surface area contributed by atoms with Gasteiger partial charge in [0.25, 0.3) is 5.91 Å². The van der Waals surface area contributed by atoms with Crippen molar-refractivity contribution in [3.8, 4) is 0 Å². The van der Waals surface area contributed by atoms with Gasteiger partial charge in [0.05, 0.1) is 11.9 Å². The van der Waals surface area contributed by atoms with Gasteiger partial charge in [-0.15, -0.1) is 0 Å². The monoisotopic (exact) mass is 325 g/mol. The molecule has 0 unspecified atom stereocenters. The van der Waals surface area contributed by atoms with E-state index in [1.165, 1.54) is 5.56 Å². The van der Waals surface area contributed by atoms with Gasteiger partial charge in [-0.25, -0.2) is 4.98 Å². The van der Waals surface area contributed by atoms with Crippen molar-refractivity contribution in [3.63, 3.8) is 0 Å². The van der Waals surface area contributed by atoms with E-state index < -0.39 is 0 Å². The molecule has 1 N–H and O–H groups in total. The standard InChI is InChI=1S/C20H27N3O/c1-4-5-13-21-20(24)19-12-11-18(14-22-19)23(16(2)3)15-17-9-7-6-8-10-17/h6-12,14,16H,4-5,13,15H2,1-3H3,(H,21,24).